The smallest absolute Gasteiger partial charge is 0.289 e. The summed E-state index contributed by atoms with van der Waals surface area (Å²) in [5.74, 6) is -2.12. The van der Waals surface area contributed by atoms with Gasteiger partial charge in [-0.1, -0.05) is 47.0 Å². The van der Waals surface area contributed by atoms with E-state index in [4.69, 9.17) is 0 Å². The molecule has 1 aliphatic carbocycles. The molecule has 2 unspecified atom stereocenters. The van der Waals surface area contributed by atoms with Crippen molar-refractivity contribution < 1.29 is 24.0 Å². The Morgan fingerprint density at radius 3 is 2.06 bits per heavy atom. The highest BCUT2D eigenvalue weighted by Gasteiger charge is 2.33. The van der Waals surface area contributed by atoms with Gasteiger partial charge in [0.1, 0.15) is 6.04 Å². The molecule has 34 heavy (non-hydrogen) atoms. The van der Waals surface area contributed by atoms with Crippen LogP contribution in [0.15, 0.2) is 0 Å². The molecular weight excluding hydrogens is 436 g/mol. The number of Topliss-reactive ketones (excluding diaryl/α,β-unsaturated/α-hetero) is 1. The number of amides is 4. The van der Waals surface area contributed by atoms with Gasteiger partial charge in [0.2, 0.25) is 23.5 Å². The molecule has 2 atom stereocenters. The van der Waals surface area contributed by atoms with Crippen molar-refractivity contribution in [2.75, 3.05) is 13.1 Å². The topological polar surface area (TPSA) is 125 Å². The zero-order valence-corrected chi connectivity index (χ0v) is 21.7. The van der Waals surface area contributed by atoms with Crippen molar-refractivity contribution in [3.63, 3.8) is 0 Å². The zero-order valence-electron chi connectivity index (χ0n) is 21.7. The Balaban J connectivity index is 2.92. The molecule has 0 aromatic rings. The fourth-order valence-corrected chi connectivity index (χ4v) is 4.05. The molecule has 0 aromatic carbocycles. The molecule has 1 fully saturated rings. The van der Waals surface area contributed by atoms with E-state index >= 15 is 0 Å². The van der Waals surface area contributed by atoms with E-state index in [1.807, 2.05) is 27.7 Å². The van der Waals surface area contributed by atoms with Gasteiger partial charge in [-0.15, -0.1) is 0 Å². The van der Waals surface area contributed by atoms with Crippen LogP contribution in [-0.2, 0) is 24.0 Å². The summed E-state index contributed by atoms with van der Waals surface area (Å²) in [6.07, 6.45) is 5.99. The van der Waals surface area contributed by atoms with Crippen LogP contribution in [0, 0.1) is 11.8 Å². The first-order valence-corrected chi connectivity index (χ1v) is 12.6. The number of rotatable bonds is 13. The van der Waals surface area contributed by atoms with Crippen molar-refractivity contribution in [1.29, 1.82) is 0 Å². The predicted molar refractivity (Wildman–Crippen MR) is 131 cm³/mol. The highest BCUT2D eigenvalue weighted by molar-refractivity contribution is 6.38. The van der Waals surface area contributed by atoms with Gasteiger partial charge in [-0.2, -0.15) is 0 Å². The largest absolute Gasteiger partial charge is 0.347 e. The zero-order chi connectivity index (χ0) is 25.8. The number of nitrogens with one attached hydrogen (secondary N) is 3. The Hall–Kier alpha value is -2.45. The van der Waals surface area contributed by atoms with Crippen molar-refractivity contribution in [3.8, 4) is 0 Å². The van der Waals surface area contributed by atoms with Crippen LogP contribution in [0.1, 0.15) is 86.5 Å². The number of carbonyl (C=O) groups excluding carboxylic acids is 5. The van der Waals surface area contributed by atoms with Crippen molar-refractivity contribution >= 4 is 29.4 Å². The first-order chi connectivity index (χ1) is 15.9. The average molecular weight is 481 g/mol. The normalized spacial score (nSPS) is 16.0. The predicted octanol–water partition coefficient (Wildman–Crippen LogP) is 1.93. The van der Waals surface area contributed by atoms with Gasteiger partial charge in [0, 0.05) is 19.5 Å². The third kappa shape index (κ3) is 10.7. The monoisotopic (exact) mass is 480 g/mol. The van der Waals surface area contributed by atoms with Crippen molar-refractivity contribution in [1.82, 2.24) is 20.9 Å². The van der Waals surface area contributed by atoms with Crippen LogP contribution in [0.2, 0.25) is 0 Å². The summed E-state index contributed by atoms with van der Waals surface area (Å²) in [6.45, 7) is 10.9. The fraction of sp³-hybridized carbons (Fsp3) is 0.800. The number of hydrogen-bond donors (Lipinski definition) is 3. The Labute approximate surface area is 204 Å². The summed E-state index contributed by atoms with van der Waals surface area (Å²) in [5, 5.41) is 7.96. The summed E-state index contributed by atoms with van der Waals surface area (Å²) in [7, 11) is 0. The first kappa shape index (κ1) is 29.6. The van der Waals surface area contributed by atoms with Crippen LogP contribution in [0.5, 0.6) is 0 Å². The minimum atomic E-state index is -1.01. The van der Waals surface area contributed by atoms with E-state index < -0.39 is 29.7 Å². The van der Waals surface area contributed by atoms with E-state index in [-0.39, 0.29) is 30.3 Å². The lowest BCUT2D eigenvalue weighted by Gasteiger charge is -2.33. The molecule has 194 valence electrons. The van der Waals surface area contributed by atoms with Gasteiger partial charge in [-0.05, 0) is 44.4 Å². The molecule has 3 N–H and O–H groups in total. The maximum Gasteiger partial charge on any atom is 0.289 e. The molecule has 0 radical (unpaired) electrons. The number of ketones is 1. The van der Waals surface area contributed by atoms with Crippen LogP contribution in [0.25, 0.3) is 0 Å². The van der Waals surface area contributed by atoms with Gasteiger partial charge < -0.3 is 20.9 Å². The lowest BCUT2D eigenvalue weighted by atomic mass is 9.95. The van der Waals surface area contributed by atoms with Gasteiger partial charge in [-0.3, -0.25) is 24.0 Å². The second-order valence-corrected chi connectivity index (χ2v) is 10.2. The van der Waals surface area contributed by atoms with E-state index in [0.717, 1.165) is 32.1 Å². The molecule has 9 nitrogen and oxygen atoms in total. The minimum Gasteiger partial charge on any atom is -0.347 e. The average Bonchev–Trinajstić information content (AvgIpc) is 2.76. The maximum atomic E-state index is 13.3. The minimum absolute atomic E-state index is 0.000265. The van der Waals surface area contributed by atoms with Crippen LogP contribution >= 0.6 is 0 Å². The Kier molecular flexibility index (Phi) is 12.8. The summed E-state index contributed by atoms with van der Waals surface area (Å²) < 4.78 is 0. The maximum absolute atomic E-state index is 13.3. The molecule has 4 amide bonds. The van der Waals surface area contributed by atoms with E-state index in [1.165, 1.54) is 18.7 Å². The SMILES string of the molecule is CC(=O)NCC(=O)N(CCC(C)C)C(CC(C)C)C(=O)NC(C)C(=O)C(=O)NC1CCCCC1. The molecule has 1 rings (SSSR count). The number of hydrogen-bond acceptors (Lipinski definition) is 5. The summed E-state index contributed by atoms with van der Waals surface area (Å²) in [4.78, 5) is 64.1. The van der Waals surface area contributed by atoms with E-state index in [2.05, 4.69) is 16.0 Å². The highest BCUT2D eigenvalue weighted by Crippen LogP contribution is 2.18. The van der Waals surface area contributed by atoms with E-state index in [0.29, 0.717) is 25.3 Å². The molecular formula is C25H44N4O5. The molecule has 0 saturated heterocycles. The molecule has 0 aliphatic heterocycles. The van der Waals surface area contributed by atoms with Crippen LogP contribution < -0.4 is 16.0 Å². The number of carbonyl (C=O) groups is 5. The summed E-state index contributed by atoms with van der Waals surface area (Å²) in [5.41, 5.74) is 0. The van der Waals surface area contributed by atoms with Crippen molar-refractivity contribution in [2.24, 2.45) is 11.8 Å². The van der Waals surface area contributed by atoms with E-state index in [1.54, 1.807) is 0 Å². The molecule has 0 spiro atoms. The second kappa shape index (κ2) is 14.7. The number of nitrogens with zero attached hydrogens (tertiary/aromatic N) is 1. The lowest BCUT2D eigenvalue weighted by Crippen LogP contribution is -2.56. The Morgan fingerprint density at radius 1 is 0.912 bits per heavy atom. The summed E-state index contributed by atoms with van der Waals surface area (Å²) in [6, 6.07) is -1.82. The molecule has 9 heteroatoms. The Morgan fingerprint density at radius 2 is 1.53 bits per heavy atom. The quantitative estimate of drug-likeness (QED) is 0.348. The van der Waals surface area contributed by atoms with Gasteiger partial charge in [-0.25, -0.2) is 0 Å². The van der Waals surface area contributed by atoms with Gasteiger partial charge in [0.05, 0.1) is 12.6 Å². The molecule has 1 saturated carbocycles. The third-order valence-corrected chi connectivity index (χ3v) is 6.05. The Bertz CT molecular complexity index is 716. The molecule has 0 aromatic heterocycles. The second-order valence-electron chi connectivity index (χ2n) is 10.2. The fourth-order valence-electron chi connectivity index (χ4n) is 4.05. The van der Waals surface area contributed by atoms with Crippen LogP contribution in [0.4, 0.5) is 0 Å². The molecule has 1 aliphatic rings. The molecule has 0 heterocycles. The van der Waals surface area contributed by atoms with Gasteiger partial charge in [0.25, 0.3) is 5.91 Å². The standard InChI is InChI=1S/C25H44N4O5/c1-16(2)12-13-29(22(31)15-26-19(6)30)21(14-17(3)4)24(33)27-18(5)23(32)25(34)28-20-10-8-7-9-11-20/h16-18,20-21H,7-15H2,1-6H3,(H,26,30)(H,27,33)(H,28,34). The third-order valence-electron chi connectivity index (χ3n) is 6.05. The first-order valence-electron chi connectivity index (χ1n) is 12.6. The van der Waals surface area contributed by atoms with Gasteiger partial charge >= 0.3 is 0 Å². The van der Waals surface area contributed by atoms with Gasteiger partial charge in [0.15, 0.2) is 0 Å². The summed E-state index contributed by atoms with van der Waals surface area (Å²) >= 11 is 0. The van der Waals surface area contributed by atoms with Crippen molar-refractivity contribution in [3.05, 3.63) is 0 Å². The van der Waals surface area contributed by atoms with E-state index in [9.17, 15) is 24.0 Å². The highest BCUT2D eigenvalue weighted by atomic mass is 16.2. The molecule has 0 bridgehead atoms. The van der Waals surface area contributed by atoms with Crippen LogP contribution in [-0.4, -0.2) is 65.5 Å². The lowest BCUT2D eigenvalue weighted by molar-refractivity contribution is -0.143. The van der Waals surface area contributed by atoms with Crippen LogP contribution in [0.3, 0.4) is 0 Å². The van der Waals surface area contributed by atoms with Crippen molar-refractivity contribution in [2.45, 2.75) is 105 Å².